The number of aromatic hydroxyl groups is 1. The van der Waals surface area contributed by atoms with Crippen LogP contribution >= 0.6 is 0 Å². The van der Waals surface area contributed by atoms with Crippen molar-refractivity contribution in [2.45, 2.75) is 79.8 Å². The van der Waals surface area contributed by atoms with E-state index in [0.717, 1.165) is 12.5 Å². The third kappa shape index (κ3) is 5.21. The van der Waals surface area contributed by atoms with Crippen LogP contribution < -0.4 is 0 Å². The summed E-state index contributed by atoms with van der Waals surface area (Å²) >= 11 is 0. The van der Waals surface area contributed by atoms with Crippen LogP contribution in [0, 0.1) is 40.4 Å². The maximum atomic E-state index is 14.4. The number of rotatable bonds is 6. The summed E-state index contributed by atoms with van der Waals surface area (Å²) in [6.07, 6.45) is 1.01. The smallest absolute Gasteiger partial charge is 0.203 e. The molecule has 0 aliphatic heterocycles. The van der Waals surface area contributed by atoms with Crippen molar-refractivity contribution < 1.29 is 39.6 Å². The molecule has 2 aromatic rings. The van der Waals surface area contributed by atoms with Gasteiger partial charge in [0.15, 0.2) is 17.2 Å². The Morgan fingerprint density at radius 1 is 0.957 bits per heavy atom. The molecule has 8 heteroatoms. The number of phenolic OH excluding ortho intramolecular Hbond substituents is 1. The Balaban J connectivity index is 1.61. The van der Waals surface area contributed by atoms with Gasteiger partial charge in [0.2, 0.25) is 5.78 Å². The average molecular weight is 639 g/mol. The molecule has 8 nitrogen and oxygen atoms in total. The molecule has 1 unspecified atom stereocenters. The Bertz CT molecular complexity index is 1850. The van der Waals surface area contributed by atoms with E-state index in [2.05, 4.69) is 11.8 Å². The first-order chi connectivity index (χ1) is 21.9. The second kappa shape index (κ2) is 11.6. The lowest BCUT2D eigenvalue weighted by molar-refractivity contribution is -0.178. The number of carbonyl (C=O) groups is 4. The highest BCUT2D eigenvalue weighted by Crippen LogP contribution is 2.65. The molecule has 2 aromatic carbocycles. The summed E-state index contributed by atoms with van der Waals surface area (Å²) in [6, 6.07) is 10.4. The summed E-state index contributed by atoms with van der Waals surface area (Å²) in [6.45, 7) is 12.0. The first kappa shape index (κ1) is 33.9. The van der Waals surface area contributed by atoms with Gasteiger partial charge in [-0.1, -0.05) is 65.5 Å². The van der Waals surface area contributed by atoms with Crippen LogP contribution in [-0.2, 0) is 32.0 Å². The van der Waals surface area contributed by atoms with Gasteiger partial charge in [-0.3, -0.25) is 19.2 Å². The molecule has 246 valence electrons. The van der Waals surface area contributed by atoms with Gasteiger partial charge in [0.05, 0.1) is 5.56 Å². The van der Waals surface area contributed by atoms with E-state index < -0.39 is 62.7 Å². The number of fused-ring (bicyclic) bond motifs is 3. The second-order valence-corrected chi connectivity index (χ2v) is 14.7. The van der Waals surface area contributed by atoms with Gasteiger partial charge in [-0.2, -0.15) is 0 Å². The zero-order valence-corrected chi connectivity index (χ0v) is 27.9. The highest BCUT2D eigenvalue weighted by atomic mass is 16.3. The standard InChI is InChI=1S/C39H42O8/c1-20(2)16-26(41)17-24-10-8-23(9-11-24)12-13-25-14-15-28(42)30-27(25)18-37(6)19-38(7)31(21(3)4)33(43)29(22(5)40)35(45)39(38,47)36(46)32(37)34(30)44/h8-11,14-15,20-21,31,42,44-45,47H,16-19H2,1-7H3/t31?,37-,38-,39+/m1/s1. The van der Waals surface area contributed by atoms with Crippen molar-refractivity contribution in [3.8, 4) is 17.6 Å². The summed E-state index contributed by atoms with van der Waals surface area (Å²) in [4.78, 5) is 52.9. The van der Waals surface area contributed by atoms with Gasteiger partial charge in [-0.05, 0) is 67.0 Å². The first-order valence-electron chi connectivity index (χ1n) is 16.0. The highest BCUT2D eigenvalue weighted by molar-refractivity contribution is 6.24. The lowest BCUT2D eigenvalue weighted by atomic mass is 9.43. The SMILES string of the molecule is CC(=O)C1=C(O)[C@]2(O)C(=O)C3=C(O)c4c(O)ccc(C#Cc5ccc(CC(=O)CC(C)C)cc5)c4C[C@]3(C)C[C@]2(C)C(C(C)C)C1=O. The molecule has 4 atom stereocenters. The van der Waals surface area contributed by atoms with Crippen molar-refractivity contribution in [1.82, 2.24) is 0 Å². The maximum absolute atomic E-state index is 14.4. The molecule has 0 amide bonds. The van der Waals surface area contributed by atoms with Crippen LogP contribution in [0.2, 0.25) is 0 Å². The molecule has 5 rings (SSSR count). The van der Waals surface area contributed by atoms with E-state index in [4.69, 9.17) is 0 Å². The molecule has 3 aliphatic rings. The predicted molar refractivity (Wildman–Crippen MR) is 176 cm³/mol. The largest absolute Gasteiger partial charge is 0.508 e. The Labute approximate surface area is 275 Å². The molecular weight excluding hydrogens is 596 g/mol. The lowest BCUT2D eigenvalue weighted by Gasteiger charge is -2.59. The van der Waals surface area contributed by atoms with Gasteiger partial charge in [-0.25, -0.2) is 0 Å². The number of allylic oxidation sites excluding steroid dienone is 1. The zero-order chi connectivity index (χ0) is 34.8. The third-order valence-corrected chi connectivity index (χ3v) is 10.2. The Morgan fingerprint density at radius 3 is 2.17 bits per heavy atom. The summed E-state index contributed by atoms with van der Waals surface area (Å²) in [7, 11) is 0. The monoisotopic (exact) mass is 638 g/mol. The first-order valence-corrected chi connectivity index (χ1v) is 16.0. The highest BCUT2D eigenvalue weighted by Gasteiger charge is 2.72. The second-order valence-electron chi connectivity index (χ2n) is 14.7. The molecule has 3 aliphatic carbocycles. The quantitative estimate of drug-likeness (QED) is 0.231. The van der Waals surface area contributed by atoms with Crippen molar-refractivity contribution in [2.75, 3.05) is 0 Å². The minimum Gasteiger partial charge on any atom is -0.508 e. The van der Waals surface area contributed by atoms with Gasteiger partial charge in [0.25, 0.3) is 0 Å². The van der Waals surface area contributed by atoms with Crippen molar-refractivity contribution in [3.63, 3.8) is 0 Å². The van der Waals surface area contributed by atoms with Gasteiger partial charge in [0.1, 0.15) is 28.6 Å². The Hall–Kier alpha value is -4.48. The summed E-state index contributed by atoms with van der Waals surface area (Å²) in [5.74, 6) is 1.12. The fraction of sp³-hybridized carbons (Fsp3) is 0.436. The molecule has 0 spiro atoms. The van der Waals surface area contributed by atoms with Crippen LogP contribution in [0.3, 0.4) is 0 Å². The van der Waals surface area contributed by atoms with E-state index in [-0.39, 0.29) is 35.5 Å². The predicted octanol–water partition coefficient (Wildman–Crippen LogP) is 5.75. The van der Waals surface area contributed by atoms with Crippen LogP contribution in [0.25, 0.3) is 5.76 Å². The van der Waals surface area contributed by atoms with E-state index in [1.165, 1.54) is 6.07 Å². The van der Waals surface area contributed by atoms with E-state index in [1.54, 1.807) is 33.8 Å². The van der Waals surface area contributed by atoms with Gasteiger partial charge in [0, 0.05) is 46.3 Å². The molecular formula is C39H42O8. The van der Waals surface area contributed by atoms with Crippen LogP contribution in [0.5, 0.6) is 5.75 Å². The molecule has 1 saturated carbocycles. The summed E-state index contributed by atoms with van der Waals surface area (Å²) in [5, 5.41) is 46.1. The number of hydrogen-bond donors (Lipinski definition) is 4. The van der Waals surface area contributed by atoms with Crippen molar-refractivity contribution in [1.29, 1.82) is 0 Å². The normalized spacial score (nSPS) is 26.9. The fourth-order valence-electron chi connectivity index (χ4n) is 8.44. The maximum Gasteiger partial charge on any atom is 0.203 e. The lowest BCUT2D eigenvalue weighted by Crippen LogP contribution is -2.69. The van der Waals surface area contributed by atoms with E-state index in [9.17, 15) is 39.6 Å². The molecule has 0 radical (unpaired) electrons. The third-order valence-electron chi connectivity index (χ3n) is 10.2. The average Bonchev–Trinajstić information content (AvgIpc) is 2.94. The number of carbonyl (C=O) groups excluding carboxylic acids is 4. The number of benzene rings is 2. The fourth-order valence-corrected chi connectivity index (χ4v) is 8.44. The summed E-state index contributed by atoms with van der Waals surface area (Å²) in [5.41, 5.74) is -3.49. The molecule has 0 heterocycles. The molecule has 47 heavy (non-hydrogen) atoms. The van der Waals surface area contributed by atoms with Crippen molar-refractivity contribution in [3.05, 3.63) is 81.1 Å². The van der Waals surface area contributed by atoms with E-state index >= 15 is 0 Å². The van der Waals surface area contributed by atoms with Crippen molar-refractivity contribution in [2.24, 2.45) is 28.6 Å². The summed E-state index contributed by atoms with van der Waals surface area (Å²) < 4.78 is 0. The molecule has 0 bridgehead atoms. The Kier molecular flexibility index (Phi) is 8.39. The molecule has 0 aromatic heterocycles. The number of Topliss-reactive ketones (excluding diaryl/α,β-unsaturated/α-hetero) is 4. The number of aliphatic hydroxyl groups is 3. The van der Waals surface area contributed by atoms with Gasteiger partial charge in [-0.15, -0.1) is 0 Å². The number of ketones is 4. The number of hydrogen-bond acceptors (Lipinski definition) is 8. The number of phenols is 1. The van der Waals surface area contributed by atoms with Crippen LogP contribution in [0.4, 0.5) is 0 Å². The molecule has 1 fully saturated rings. The van der Waals surface area contributed by atoms with Gasteiger partial charge >= 0.3 is 0 Å². The zero-order valence-electron chi connectivity index (χ0n) is 27.9. The van der Waals surface area contributed by atoms with E-state index in [1.807, 2.05) is 38.1 Å². The Morgan fingerprint density at radius 2 is 1.60 bits per heavy atom. The van der Waals surface area contributed by atoms with Crippen LogP contribution in [0.15, 0.2) is 53.3 Å². The minimum absolute atomic E-state index is 0.00439. The molecule has 4 N–H and O–H groups in total. The van der Waals surface area contributed by atoms with Gasteiger partial charge < -0.3 is 20.4 Å². The topological polar surface area (TPSA) is 149 Å². The molecule has 0 saturated heterocycles. The minimum atomic E-state index is -2.66. The van der Waals surface area contributed by atoms with Crippen LogP contribution in [-0.4, -0.2) is 49.2 Å². The van der Waals surface area contributed by atoms with Crippen molar-refractivity contribution >= 4 is 28.9 Å². The van der Waals surface area contributed by atoms with Crippen LogP contribution in [0.1, 0.15) is 89.1 Å². The number of aliphatic hydroxyl groups excluding tert-OH is 2. The van der Waals surface area contributed by atoms with E-state index in [0.29, 0.717) is 35.4 Å².